The fraction of sp³-hybridized carbons (Fsp3) is 0.286. The number of likely N-dealkylation sites (N-methyl/N-ethyl adjacent to an activating group) is 1. The number of allylic oxidation sites excluding steroid dienone is 3. The summed E-state index contributed by atoms with van der Waals surface area (Å²) in [6, 6.07) is 5.88. The van der Waals surface area contributed by atoms with Crippen LogP contribution in [0.15, 0.2) is 93.5 Å². The molecule has 4 aliphatic rings. The molecule has 188 valence electrons. The highest BCUT2D eigenvalue weighted by Crippen LogP contribution is 2.34. The fourth-order valence-electron chi connectivity index (χ4n) is 5.27. The van der Waals surface area contributed by atoms with Gasteiger partial charge in [0.2, 0.25) is 0 Å². The smallest absolute Gasteiger partial charge is 0.115 e. The van der Waals surface area contributed by atoms with Gasteiger partial charge in [0.1, 0.15) is 5.71 Å². The third-order valence-corrected chi connectivity index (χ3v) is 7.30. The Bertz CT molecular complexity index is 1380. The van der Waals surface area contributed by atoms with Gasteiger partial charge < -0.3 is 26.3 Å². The maximum absolute atomic E-state index is 6.42. The van der Waals surface area contributed by atoms with Crippen LogP contribution in [0.4, 0.5) is 0 Å². The summed E-state index contributed by atoms with van der Waals surface area (Å²) in [4.78, 5) is 18.4. The van der Waals surface area contributed by atoms with Crippen LogP contribution in [0.25, 0.3) is 11.1 Å². The van der Waals surface area contributed by atoms with Crippen molar-refractivity contribution >= 4 is 12.4 Å². The number of piperazine rings is 1. The normalized spacial score (nSPS) is 21.8. The summed E-state index contributed by atoms with van der Waals surface area (Å²) >= 11 is 0. The van der Waals surface area contributed by atoms with E-state index in [1.165, 1.54) is 0 Å². The van der Waals surface area contributed by atoms with E-state index in [1.54, 1.807) is 6.20 Å². The molecule has 2 aromatic rings. The molecule has 5 heterocycles. The molecule has 9 heteroatoms. The summed E-state index contributed by atoms with van der Waals surface area (Å²) in [5.41, 5.74) is 19.3. The van der Waals surface area contributed by atoms with Crippen LogP contribution in [0.2, 0.25) is 0 Å². The number of aliphatic imine (C=N–C) groups is 1. The molecule has 37 heavy (non-hydrogen) atoms. The van der Waals surface area contributed by atoms with E-state index in [9.17, 15) is 0 Å². The number of nitrogens with two attached hydrogens (primary N) is 1. The van der Waals surface area contributed by atoms with Gasteiger partial charge >= 0.3 is 0 Å². The van der Waals surface area contributed by atoms with E-state index >= 15 is 0 Å². The molecule has 9 nitrogen and oxygen atoms in total. The van der Waals surface area contributed by atoms with Crippen molar-refractivity contribution in [3.8, 4) is 11.1 Å². The molecule has 0 radical (unpaired) electrons. The molecular weight excluding hydrogens is 462 g/mol. The third-order valence-electron chi connectivity index (χ3n) is 7.30. The van der Waals surface area contributed by atoms with Gasteiger partial charge in [0, 0.05) is 90.5 Å². The van der Waals surface area contributed by atoms with Crippen LogP contribution < -0.4 is 16.5 Å². The molecule has 2 aromatic heterocycles. The molecule has 0 spiro atoms. The van der Waals surface area contributed by atoms with Gasteiger partial charge in [-0.1, -0.05) is 6.07 Å². The lowest BCUT2D eigenvalue weighted by molar-refractivity contribution is 0.188. The Labute approximate surface area is 216 Å². The number of dihydropyridines is 1. The molecule has 1 fully saturated rings. The van der Waals surface area contributed by atoms with E-state index in [1.807, 2.05) is 30.6 Å². The van der Waals surface area contributed by atoms with Gasteiger partial charge in [-0.25, -0.2) is 0 Å². The summed E-state index contributed by atoms with van der Waals surface area (Å²) in [7, 11) is 2.16. The van der Waals surface area contributed by atoms with Gasteiger partial charge in [0.25, 0.3) is 0 Å². The van der Waals surface area contributed by atoms with E-state index in [0.29, 0.717) is 13.0 Å². The number of rotatable bonds is 4. The highest BCUT2D eigenvalue weighted by atomic mass is 15.3. The zero-order valence-electron chi connectivity index (χ0n) is 21.0. The Morgan fingerprint density at radius 3 is 2.78 bits per heavy atom. The highest BCUT2D eigenvalue weighted by molar-refractivity contribution is 6.14. The monoisotopic (exact) mass is 493 g/mol. The molecule has 6 rings (SSSR count). The summed E-state index contributed by atoms with van der Waals surface area (Å²) in [5, 5.41) is 8.40. The number of fused-ring (bicyclic) bond motifs is 1. The number of nitrogens with zero attached hydrogens (tertiary/aromatic N) is 6. The van der Waals surface area contributed by atoms with Crippen LogP contribution in [0.3, 0.4) is 0 Å². The van der Waals surface area contributed by atoms with Gasteiger partial charge in [0.05, 0.1) is 24.0 Å². The predicted molar refractivity (Wildman–Crippen MR) is 146 cm³/mol. The average molecular weight is 494 g/mol. The second-order valence-corrected chi connectivity index (χ2v) is 9.74. The van der Waals surface area contributed by atoms with Crippen LogP contribution in [0.1, 0.15) is 17.7 Å². The Hall–Kier alpha value is -4.24. The second kappa shape index (κ2) is 9.67. The van der Waals surface area contributed by atoms with E-state index in [0.717, 1.165) is 82.6 Å². The number of aromatic nitrogens is 2. The fourth-order valence-corrected chi connectivity index (χ4v) is 5.27. The molecule has 0 saturated carbocycles. The first-order valence-corrected chi connectivity index (χ1v) is 12.6. The largest absolute Gasteiger partial charge is 0.402 e. The van der Waals surface area contributed by atoms with Crippen LogP contribution in [0, 0.1) is 0 Å². The van der Waals surface area contributed by atoms with Crippen LogP contribution in [-0.2, 0) is 6.54 Å². The lowest BCUT2D eigenvalue weighted by Crippen LogP contribution is -2.45. The van der Waals surface area contributed by atoms with Crippen molar-refractivity contribution in [1.82, 2.24) is 30.5 Å². The lowest BCUT2D eigenvalue weighted by atomic mass is 9.91. The van der Waals surface area contributed by atoms with E-state index in [-0.39, 0.29) is 6.04 Å². The van der Waals surface area contributed by atoms with E-state index < -0.39 is 0 Å². The van der Waals surface area contributed by atoms with Crippen molar-refractivity contribution in [3.63, 3.8) is 0 Å². The average Bonchev–Trinajstić information content (AvgIpc) is 3.11. The quantitative estimate of drug-likeness (QED) is 0.560. The summed E-state index contributed by atoms with van der Waals surface area (Å²) in [5.74, 6) is 0. The molecule has 1 atom stereocenters. The van der Waals surface area contributed by atoms with Crippen molar-refractivity contribution in [3.05, 3.63) is 94.6 Å². The first-order valence-electron chi connectivity index (χ1n) is 12.6. The molecule has 0 aromatic carbocycles. The minimum atomic E-state index is -0.223. The SMILES string of the molecule is C=NC1C=C(C2=NNCc3ncc(-c4cccnc4)cc32)NC2=C1C(N1CCN(C)CC1)=CC=C(N)C2. The summed E-state index contributed by atoms with van der Waals surface area (Å²) in [6.45, 7) is 8.49. The van der Waals surface area contributed by atoms with Gasteiger partial charge in [-0.3, -0.25) is 15.0 Å². The zero-order valence-corrected chi connectivity index (χ0v) is 21.0. The van der Waals surface area contributed by atoms with E-state index in [2.05, 4.69) is 62.5 Å². The Morgan fingerprint density at radius 1 is 1.14 bits per heavy atom. The number of hydrazone groups is 1. The van der Waals surface area contributed by atoms with Crippen molar-refractivity contribution in [1.29, 1.82) is 0 Å². The number of hydrogen-bond acceptors (Lipinski definition) is 9. The maximum atomic E-state index is 6.42. The topological polar surface area (TPSA) is 107 Å². The Kier molecular flexibility index (Phi) is 6.05. The molecule has 1 aliphatic carbocycles. The van der Waals surface area contributed by atoms with Gasteiger partial charge in [-0.15, -0.1) is 0 Å². The number of nitrogens with one attached hydrogen (secondary N) is 2. The second-order valence-electron chi connectivity index (χ2n) is 9.74. The molecule has 0 amide bonds. The number of pyridine rings is 2. The van der Waals surface area contributed by atoms with Crippen LogP contribution in [0.5, 0.6) is 0 Å². The number of hydrogen-bond donors (Lipinski definition) is 3. The molecule has 4 N–H and O–H groups in total. The maximum Gasteiger partial charge on any atom is 0.115 e. The van der Waals surface area contributed by atoms with E-state index in [4.69, 9.17) is 15.8 Å². The minimum absolute atomic E-state index is 0.223. The van der Waals surface area contributed by atoms with Crippen LogP contribution >= 0.6 is 0 Å². The highest BCUT2D eigenvalue weighted by Gasteiger charge is 2.32. The minimum Gasteiger partial charge on any atom is -0.402 e. The van der Waals surface area contributed by atoms with Crippen LogP contribution in [-0.4, -0.2) is 71.5 Å². The molecule has 1 saturated heterocycles. The van der Waals surface area contributed by atoms with Crippen molar-refractivity contribution < 1.29 is 0 Å². The zero-order chi connectivity index (χ0) is 25.4. The first-order chi connectivity index (χ1) is 18.1. The van der Waals surface area contributed by atoms with Crippen molar-refractivity contribution in [2.75, 3.05) is 33.2 Å². The molecule has 3 aliphatic heterocycles. The molecular formula is C28H31N9. The van der Waals surface area contributed by atoms with Crippen molar-refractivity contribution in [2.45, 2.75) is 19.0 Å². The Morgan fingerprint density at radius 2 is 2.00 bits per heavy atom. The van der Waals surface area contributed by atoms with Crippen molar-refractivity contribution in [2.24, 2.45) is 15.8 Å². The summed E-state index contributed by atoms with van der Waals surface area (Å²) in [6.07, 6.45) is 12.4. The lowest BCUT2D eigenvalue weighted by Gasteiger charge is -2.38. The third kappa shape index (κ3) is 4.42. The van der Waals surface area contributed by atoms with Gasteiger partial charge in [-0.05, 0) is 44.1 Å². The standard InChI is InChI=1S/C28H31N9/c1-30-22-14-24(28-21-12-19(18-4-3-7-31-15-18)16-32-25(21)17-33-35-28)34-23-13-20(29)5-6-26(27(22)23)37-10-8-36(2)9-11-37/h3-7,12,14-16,22,33-34H,1,8-11,13,17,29H2,2H3. The van der Waals surface area contributed by atoms with Gasteiger partial charge in [-0.2, -0.15) is 5.10 Å². The molecule has 0 bridgehead atoms. The predicted octanol–water partition coefficient (Wildman–Crippen LogP) is 2.14. The molecule has 1 unspecified atom stereocenters. The summed E-state index contributed by atoms with van der Waals surface area (Å²) < 4.78 is 0. The van der Waals surface area contributed by atoms with Gasteiger partial charge in [0.15, 0.2) is 0 Å². The first kappa shape index (κ1) is 23.2. The Balaban J connectivity index is 1.37.